The van der Waals surface area contributed by atoms with Gasteiger partial charge in [-0.05, 0) is 24.3 Å². The van der Waals surface area contributed by atoms with Crippen molar-refractivity contribution in [3.63, 3.8) is 0 Å². The maximum absolute atomic E-state index is 13.6. The number of para-hydroxylation sites is 1. The van der Waals surface area contributed by atoms with Crippen LogP contribution in [0.15, 0.2) is 48.5 Å². The minimum Gasteiger partial charge on any atom is -0.386 e. The number of benzene rings is 2. The number of fused-ring (bicyclic) bond motifs is 1. The summed E-state index contributed by atoms with van der Waals surface area (Å²) in [6.07, 6.45) is 0. The Bertz CT molecular complexity index is 836. The van der Waals surface area contributed by atoms with Gasteiger partial charge in [0.15, 0.2) is 5.78 Å². The van der Waals surface area contributed by atoms with Crippen molar-refractivity contribution in [3.8, 4) is 5.69 Å². The highest BCUT2D eigenvalue weighted by molar-refractivity contribution is 6.09. The van der Waals surface area contributed by atoms with E-state index in [0.29, 0.717) is 11.4 Å². The number of carbonyl (C=O) groups is 1. The Morgan fingerprint density at radius 3 is 2.57 bits per heavy atom. The molecule has 0 amide bonds. The monoisotopic (exact) mass is 282 g/mol. The van der Waals surface area contributed by atoms with Crippen molar-refractivity contribution in [3.05, 3.63) is 60.0 Å². The minimum atomic E-state index is -0.328. The van der Waals surface area contributed by atoms with Crippen LogP contribution in [0.5, 0.6) is 0 Å². The maximum atomic E-state index is 13.6. The number of aromatic nitrogens is 1. The fraction of sp³-hybridized carbons (Fsp3) is 0.118. The summed E-state index contributed by atoms with van der Waals surface area (Å²) in [5.41, 5.74) is 2.81. The van der Waals surface area contributed by atoms with Gasteiger partial charge in [-0.25, -0.2) is 4.39 Å². The first-order chi connectivity index (χ1) is 10.1. The van der Waals surface area contributed by atoms with Gasteiger partial charge in [-0.1, -0.05) is 24.3 Å². The van der Waals surface area contributed by atoms with Crippen molar-refractivity contribution in [2.24, 2.45) is 0 Å². The molecule has 0 radical (unpaired) electrons. The second kappa shape index (κ2) is 5.05. The summed E-state index contributed by atoms with van der Waals surface area (Å²) in [5.74, 6) is -0.398. The average Bonchev–Trinajstić information content (AvgIpc) is 2.81. The summed E-state index contributed by atoms with van der Waals surface area (Å²) in [5, 5.41) is 4.03. The Hall–Kier alpha value is -2.62. The fourth-order valence-electron chi connectivity index (χ4n) is 2.71. The third kappa shape index (κ3) is 2.09. The summed E-state index contributed by atoms with van der Waals surface area (Å²) >= 11 is 0. The van der Waals surface area contributed by atoms with E-state index in [1.165, 1.54) is 19.1 Å². The molecule has 0 aliphatic heterocycles. The molecule has 0 unspecified atom stereocenters. The molecule has 3 rings (SSSR count). The van der Waals surface area contributed by atoms with Crippen molar-refractivity contribution in [2.75, 3.05) is 12.4 Å². The van der Waals surface area contributed by atoms with Gasteiger partial charge in [0.2, 0.25) is 0 Å². The second-order valence-corrected chi connectivity index (χ2v) is 4.86. The van der Waals surface area contributed by atoms with Crippen LogP contribution in [-0.2, 0) is 0 Å². The Balaban J connectivity index is 2.45. The van der Waals surface area contributed by atoms with E-state index < -0.39 is 0 Å². The van der Waals surface area contributed by atoms with Crippen LogP contribution in [0.3, 0.4) is 0 Å². The summed E-state index contributed by atoms with van der Waals surface area (Å²) in [6, 6.07) is 13.9. The molecule has 0 fully saturated rings. The molecular weight excluding hydrogens is 267 g/mol. The van der Waals surface area contributed by atoms with Crippen molar-refractivity contribution < 1.29 is 9.18 Å². The van der Waals surface area contributed by atoms with E-state index in [1.54, 1.807) is 23.7 Å². The lowest BCUT2D eigenvalue weighted by molar-refractivity contribution is 0.101. The largest absolute Gasteiger partial charge is 0.386 e. The first-order valence-corrected chi connectivity index (χ1v) is 6.71. The van der Waals surface area contributed by atoms with E-state index in [9.17, 15) is 9.18 Å². The van der Waals surface area contributed by atoms with Crippen LogP contribution in [0.25, 0.3) is 16.6 Å². The summed E-state index contributed by atoms with van der Waals surface area (Å²) < 4.78 is 15.4. The number of anilines is 1. The minimum absolute atomic E-state index is 0.0696. The van der Waals surface area contributed by atoms with Gasteiger partial charge in [-0.2, -0.15) is 0 Å². The molecule has 1 N–H and O–H groups in total. The predicted molar refractivity (Wildman–Crippen MR) is 82.8 cm³/mol. The molecule has 106 valence electrons. The van der Waals surface area contributed by atoms with Crippen molar-refractivity contribution in [1.29, 1.82) is 0 Å². The zero-order valence-corrected chi connectivity index (χ0v) is 11.9. The molecule has 21 heavy (non-hydrogen) atoms. The van der Waals surface area contributed by atoms with Gasteiger partial charge in [0.05, 0.1) is 11.2 Å². The van der Waals surface area contributed by atoms with Crippen LogP contribution in [-0.4, -0.2) is 17.4 Å². The molecule has 0 saturated heterocycles. The van der Waals surface area contributed by atoms with E-state index >= 15 is 0 Å². The van der Waals surface area contributed by atoms with Gasteiger partial charge in [0.1, 0.15) is 11.5 Å². The SMILES string of the molecule is CNc1c(C(C)=O)n(-c2cccc(F)c2)c2ccccc12. The molecule has 1 aromatic heterocycles. The van der Waals surface area contributed by atoms with Crippen LogP contribution in [0.1, 0.15) is 17.4 Å². The lowest BCUT2D eigenvalue weighted by Gasteiger charge is -2.10. The smallest absolute Gasteiger partial charge is 0.178 e. The van der Waals surface area contributed by atoms with Gasteiger partial charge in [-0.3, -0.25) is 4.79 Å². The molecule has 2 aromatic carbocycles. The molecule has 3 aromatic rings. The van der Waals surface area contributed by atoms with Crippen LogP contribution in [0.4, 0.5) is 10.1 Å². The highest BCUT2D eigenvalue weighted by atomic mass is 19.1. The molecule has 0 bridgehead atoms. The normalized spacial score (nSPS) is 10.8. The van der Waals surface area contributed by atoms with E-state index in [2.05, 4.69) is 5.32 Å². The predicted octanol–water partition coefficient (Wildman–Crippen LogP) is 4.01. The van der Waals surface area contributed by atoms with E-state index in [1.807, 2.05) is 24.3 Å². The van der Waals surface area contributed by atoms with Gasteiger partial charge in [0, 0.05) is 25.0 Å². The highest BCUT2D eigenvalue weighted by Crippen LogP contribution is 2.33. The van der Waals surface area contributed by atoms with Crippen molar-refractivity contribution in [1.82, 2.24) is 4.57 Å². The van der Waals surface area contributed by atoms with E-state index in [0.717, 1.165) is 16.6 Å². The summed E-state index contributed by atoms with van der Waals surface area (Å²) in [7, 11) is 1.78. The molecule has 0 saturated carbocycles. The third-order valence-electron chi connectivity index (χ3n) is 3.52. The van der Waals surface area contributed by atoms with Crippen LogP contribution in [0.2, 0.25) is 0 Å². The maximum Gasteiger partial charge on any atom is 0.178 e. The number of hydrogen-bond donors (Lipinski definition) is 1. The Kier molecular flexibility index (Phi) is 3.22. The lowest BCUT2D eigenvalue weighted by Crippen LogP contribution is -2.07. The Morgan fingerprint density at radius 1 is 1.14 bits per heavy atom. The van der Waals surface area contributed by atoms with Crippen molar-refractivity contribution >= 4 is 22.4 Å². The van der Waals surface area contributed by atoms with Gasteiger partial charge >= 0.3 is 0 Å². The van der Waals surface area contributed by atoms with E-state index in [4.69, 9.17) is 0 Å². The van der Waals surface area contributed by atoms with Crippen LogP contribution in [0, 0.1) is 5.82 Å². The first-order valence-electron chi connectivity index (χ1n) is 6.71. The quantitative estimate of drug-likeness (QED) is 0.736. The van der Waals surface area contributed by atoms with Gasteiger partial charge in [0.25, 0.3) is 0 Å². The van der Waals surface area contributed by atoms with Gasteiger partial charge < -0.3 is 9.88 Å². The topological polar surface area (TPSA) is 34.0 Å². The molecule has 0 atom stereocenters. The molecule has 0 aliphatic rings. The number of carbonyl (C=O) groups excluding carboxylic acids is 1. The summed E-state index contributed by atoms with van der Waals surface area (Å²) in [6.45, 7) is 1.52. The summed E-state index contributed by atoms with van der Waals surface area (Å²) in [4.78, 5) is 12.1. The molecule has 4 heteroatoms. The number of rotatable bonds is 3. The van der Waals surface area contributed by atoms with E-state index in [-0.39, 0.29) is 11.6 Å². The van der Waals surface area contributed by atoms with Gasteiger partial charge in [-0.15, -0.1) is 0 Å². The van der Waals surface area contributed by atoms with Crippen LogP contribution >= 0.6 is 0 Å². The first kappa shape index (κ1) is 13.4. The lowest BCUT2D eigenvalue weighted by atomic mass is 10.2. The number of Topliss-reactive ketones (excluding diaryl/α,β-unsaturated/α-hetero) is 1. The Labute approximate surface area is 122 Å². The highest BCUT2D eigenvalue weighted by Gasteiger charge is 2.20. The Morgan fingerprint density at radius 2 is 1.90 bits per heavy atom. The van der Waals surface area contributed by atoms with Crippen LogP contribution < -0.4 is 5.32 Å². The zero-order valence-electron chi connectivity index (χ0n) is 11.9. The third-order valence-corrected chi connectivity index (χ3v) is 3.52. The molecule has 0 aliphatic carbocycles. The molecule has 1 heterocycles. The molecular formula is C17H15FN2O. The fourth-order valence-corrected chi connectivity index (χ4v) is 2.71. The number of ketones is 1. The second-order valence-electron chi connectivity index (χ2n) is 4.86. The number of halogens is 1. The van der Waals surface area contributed by atoms with Crippen molar-refractivity contribution in [2.45, 2.75) is 6.92 Å². The standard InChI is InChI=1S/C17H15FN2O/c1-11(21)17-16(19-2)14-8-3-4-9-15(14)20(17)13-7-5-6-12(18)10-13/h3-10,19H,1-2H3. The molecule has 3 nitrogen and oxygen atoms in total. The average molecular weight is 282 g/mol. The number of hydrogen-bond acceptors (Lipinski definition) is 2. The zero-order chi connectivity index (χ0) is 15.0. The number of nitrogens with one attached hydrogen (secondary N) is 1. The number of nitrogens with zero attached hydrogens (tertiary/aromatic N) is 1. The molecule has 0 spiro atoms.